The number of ether oxygens (including phenoxy) is 6. The van der Waals surface area contributed by atoms with Crippen LogP contribution in [-0.4, -0.2) is 191 Å². The summed E-state index contributed by atoms with van der Waals surface area (Å²) in [7, 11) is 0. The summed E-state index contributed by atoms with van der Waals surface area (Å²) in [5.74, 6) is -0.128. The number of allylic oxidation sites excluding steroid dienone is 2. The summed E-state index contributed by atoms with van der Waals surface area (Å²) in [6, 6.07) is 0. The van der Waals surface area contributed by atoms with Crippen molar-refractivity contribution in [2.45, 2.75) is 223 Å². The van der Waals surface area contributed by atoms with Crippen molar-refractivity contribution in [3.8, 4) is 0 Å². The monoisotopic (exact) mass is 947 g/mol. The Balaban J connectivity index is 1.11. The van der Waals surface area contributed by atoms with E-state index in [0.29, 0.717) is 32.1 Å². The minimum absolute atomic E-state index is 0.133. The molecule has 66 heavy (non-hydrogen) atoms. The molecule has 0 aromatic rings. The normalized spacial score (nSPS) is 52.4. The van der Waals surface area contributed by atoms with Gasteiger partial charge in [-0.2, -0.15) is 0 Å². The Labute approximate surface area is 388 Å². The van der Waals surface area contributed by atoms with Gasteiger partial charge in [0.25, 0.3) is 0 Å². The number of fused-ring (bicyclic) bond motifs is 5. The van der Waals surface area contributed by atoms with Crippen molar-refractivity contribution in [1.82, 2.24) is 0 Å². The predicted molar refractivity (Wildman–Crippen MR) is 234 cm³/mol. The summed E-state index contributed by atoms with van der Waals surface area (Å²) in [6.07, 6.45) is -14.9. The zero-order chi connectivity index (χ0) is 48.6. The molecule has 0 amide bonds. The van der Waals surface area contributed by atoms with Crippen LogP contribution in [0, 0.1) is 45.3 Å². The van der Waals surface area contributed by atoms with Gasteiger partial charge >= 0.3 is 0 Å². The van der Waals surface area contributed by atoms with Gasteiger partial charge in [-0.25, -0.2) is 0 Å². The second kappa shape index (κ2) is 19.6. The van der Waals surface area contributed by atoms with E-state index in [-0.39, 0.29) is 46.0 Å². The van der Waals surface area contributed by atoms with Gasteiger partial charge < -0.3 is 89.7 Å². The second-order valence-electron chi connectivity index (χ2n) is 22.9. The third-order valence-corrected chi connectivity index (χ3v) is 18.8. The van der Waals surface area contributed by atoms with Gasteiger partial charge in [0.15, 0.2) is 18.9 Å². The van der Waals surface area contributed by atoms with Crippen LogP contribution in [0.3, 0.4) is 0 Å². The lowest BCUT2D eigenvalue weighted by Crippen LogP contribution is -2.67. The maximum atomic E-state index is 12.7. The van der Waals surface area contributed by atoms with E-state index in [1.165, 1.54) is 0 Å². The van der Waals surface area contributed by atoms with Gasteiger partial charge in [0.2, 0.25) is 0 Å². The molecular formula is C48H82O18. The lowest BCUT2D eigenvalue weighted by Gasteiger charge is -2.71. The Morgan fingerprint density at radius 1 is 0.621 bits per heavy atom. The van der Waals surface area contributed by atoms with Crippen molar-refractivity contribution in [2.24, 2.45) is 45.3 Å². The zero-order valence-corrected chi connectivity index (χ0v) is 40.0. The van der Waals surface area contributed by atoms with Crippen LogP contribution in [0.15, 0.2) is 11.6 Å². The van der Waals surface area contributed by atoms with E-state index in [2.05, 4.69) is 40.7 Å². The highest BCUT2D eigenvalue weighted by Gasteiger charge is 2.72. The molecule has 4 saturated carbocycles. The molecule has 7 aliphatic rings. The molecule has 25 atom stereocenters. The Morgan fingerprint density at radius 2 is 1.15 bits per heavy atom. The molecule has 0 bridgehead atoms. The molecule has 7 fully saturated rings. The van der Waals surface area contributed by atoms with Crippen LogP contribution in [0.5, 0.6) is 0 Å². The van der Waals surface area contributed by atoms with E-state index in [4.69, 9.17) is 28.4 Å². The van der Waals surface area contributed by atoms with Gasteiger partial charge in [0, 0.05) is 0 Å². The highest BCUT2D eigenvalue weighted by Crippen LogP contribution is 2.76. The topological polar surface area (TPSA) is 298 Å². The molecule has 3 saturated heterocycles. The maximum Gasteiger partial charge on any atom is 0.187 e. The first-order valence-corrected chi connectivity index (χ1v) is 24.4. The summed E-state index contributed by atoms with van der Waals surface area (Å²) in [5, 5.41) is 129. The molecule has 0 aromatic carbocycles. The molecule has 0 aromatic heterocycles. The quantitative estimate of drug-likeness (QED) is 0.0853. The zero-order valence-electron chi connectivity index (χ0n) is 40.0. The van der Waals surface area contributed by atoms with Crippen LogP contribution in [0.25, 0.3) is 0 Å². The molecule has 0 radical (unpaired) electrons. The van der Waals surface area contributed by atoms with E-state index < -0.39 is 129 Å². The van der Waals surface area contributed by atoms with Crippen LogP contribution in [0.1, 0.15) is 113 Å². The lowest BCUT2D eigenvalue weighted by atomic mass is 9.35. The van der Waals surface area contributed by atoms with Crippen LogP contribution in [0.4, 0.5) is 0 Å². The standard InChI is InChI=1S/C48H82O18/c1-22(2)10-9-14-48(8,66-43-40(60)37(57)34(54)27(64-43)21-61-41-38(58)35(55)32(52)25(19-49)62-41)23-11-16-47(7)31(23)24(51)18-29-45(5)15-13-30(44(3,4)28(45)12-17-46(29,47)6)65-42-39(59)36(56)33(53)26(20-50)63-42/h10,23-43,49-60H,9,11-21H2,1-8H3/t23-,24+,25+,26+,27+,28+,29+,30+,31-,32+,33+,34+,35-,36-,37-,38+,39+,40+,41+,42-,43-,45+,46+,47+,48-/m0/s1. The third kappa shape index (κ3) is 8.90. The van der Waals surface area contributed by atoms with Gasteiger partial charge in [0.05, 0.1) is 37.6 Å². The van der Waals surface area contributed by atoms with Gasteiger partial charge in [0.1, 0.15) is 73.2 Å². The first kappa shape index (κ1) is 52.8. The van der Waals surface area contributed by atoms with Crippen molar-refractivity contribution in [3.05, 3.63) is 11.6 Å². The molecule has 3 heterocycles. The lowest BCUT2D eigenvalue weighted by molar-refractivity contribution is -0.350. The van der Waals surface area contributed by atoms with E-state index in [1.807, 2.05) is 20.8 Å². The summed E-state index contributed by atoms with van der Waals surface area (Å²) in [6.45, 7) is 15.8. The molecule has 0 spiro atoms. The minimum atomic E-state index is -1.72. The molecule has 4 aliphatic carbocycles. The minimum Gasteiger partial charge on any atom is -0.394 e. The highest BCUT2D eigenvalue weighted by atomic mass is 16.7. The SMILES string of the molecule is CC(C)=CCC[C@](C)(O[C@@H]1O[C@H](CO[C@@H]2O[C@H](CO)[C@@H](O)[C@H](O)[C@H]2O)[C@@H](O)[C@H](O)[C@H]1O)[C@H]1CC[C@]2(C)[C@@H]1[C@H](O)C[C@@H]1[C@]3(C)CC[C@@H](O[C@@H]4O[C@H](CO)[C@@H](O)[C@H](O)[C@H]4O)C(C)(C)[C@H]3CC[C@]12C. The number of hydrogen-bond acceptors (Lipinski definition) is 18. The summed E-state index contributed by atoms with van der Waals surface area (Å²) in [4.78, 5) is 0. The van der Waals surface area contributed by atoms with Gasteiger partial charge in [-0.3, -0.25) is 0 Å². The molecule has 12 N–H and O–H groups in total. The summed E-state index contributed by atoms with van der Waals surface area (Å²) in [5.41, 5.74) is -1.06. The van der Waals surface area contributed by atoms with Crippen molar-refractivity contribution >= 4 is 0 Å². The summed E-state index contributed by atoms with van der Waals surface area (Å²) < 4.78 is 36.6. The fourth-order valence-corrected chi connectivity index (χ4v) is 14.8. The fourth-order valence-electron chi connectivity index (χ4n) is 14.8. The average Bonchev–Trinajstić information content (AvgIpc) is 3.65. The first-order chi connectivity index (χ1) is 30.8. The molecule has 3 aliphatic heterocycles. The van der Waals surface area contributed by atoms with Gasteiger partial charge in [-0.05, 0) is 124 Å². The molecule has 382 valence electrons. The van der Waals surface area contributed by atoms with Crippen molar-refractivity contribution in [3.63, 3.8) is 0 Å². The van der Waals surface area contributed by atoms with E-state index >= 15 is 0 Å². The fraction of sp³-hybridized carbons (Fsp3) is 0.958. The Kier molecular flexibility index (Phi) is 15.7. The molecular weight excluding hydrogens is 865 g/mol. The predicted octanol–water partition coefficient (Wildman–Crippen LogP) is -0.0268. The molecule has 7 rings (SSSR count). The Bertz CT molecular complexity index is 1680. The third-order valence-electron chi connectivity index (χ3n) is 18.8. The molecule has 18 heteroatoms. The number of hydrogen-bond donors (Lipinski definition) is 12. The second-order valence-corrected chi connectivity index (χ2v) is 22.9. The Morgan fingerprint density at radius 3 is 1.74 bits per heavy atom. The highest BCUT2D eigenvalue weighted by molar-refractivity contribution is 5.20. The van der Waals surface area contributed by atoms with Crippen molar-refractivity contribution < 1.29 is 89.7 Å². The van der Waals surface area contributed by atoms with E-state index in [0.717, 1.165) is 31.3 Å². The number of aliphatic hydroxyl groups excluding tert-OH is 12. The van der Waals surface area contributed by atoms with Crippen molar-refractivity contribution in [1.29, 1.82) is 0 Å². The average molecular weight is 947 g/mol. The van der Waals surface area contributed by atoms with Gasteiger partial charge in [-0.1, -0.05) is 46.3 Å². The maximum absolute atomic E-state index is 12.7. The largest absolute Gasteiger partial charge is 0.394 e. The van der Waals surface area contributed by atoms with E-state index in [9.17, 15) is 61.3 Å². The van der Waals surface area contributed by atoms with Crippen LogP contribution in [0.2, 0.25) is 0 Å². The van der Waals surface area contributed by atoms with E-state index in [1.54, 1.807) is 0 Å². The van der Waals surface area contributed by atoms with Crippen molar-refractivity contribution in [2.75, 3.05) is 19.8 Å². The number of aliphatic hydroxyl groups is 12. The number of rotatable bonds is 13. The van der Waals surface area contributed by atoms with Crippen LogP contribution in [-0.2, 0) is 28.4 Å². The van der Waals surface area contributed by atoms with Crippen LogP contribution >= 0.6 is 0 Å². The van der Waals surface area contributed by atoms with Gasteiger partial charge in [-0.15, -0.1) is 0 Å². The smallest absolute Gasteiger partial charge is 0.187 e. The summed E-state index contributed by atoms with van der Waals surface area (Å²) >= 11 is 0. The van der Waals surface area contributed by atoms with Crippen LogP contribution < -0.4 is 0 Å². The molecule has 18 nitrogen and oxygen atoms in total. The Hall–Kier alpha value is -0.980. The first-order valence-electron chi connectivity index (χ1n) is 24.4. The molecule has 0 unspecified atom stereocenters.